The highest BCUT2D eigenvalue weighted by atomic mass is 32.2. The van der Waals surface area contributed by atoms with E-state index in [2.05, 4.69) is 10.0 Å². The summed E-state index contributed by atoms with van der Waals surface area (Å²) >= 11 is 0. The zero-order valence-electron chi connectivity index (χ0n) is 12.4. The Morgan fingerprint density at radius 1 is 1.24 bits per heavy atom. The average molecular weight is 312 g/mol. The van der Waals surface area contributed by atoms with Crippen LogP contribution in [0.5, 0.6) is 0 Å². The molecule has 21 heavy (non-hydrogen) atoms. The normalized spacial score (nSPS) is 22.4. The number of benzene rings is 1. The van der Waals surface area contributed by atoms with Crippen LogP contribution in [0.3, 0.4) is 0 Å². The highest BCUT2D eigenvalue weighted by molar-refractivity contribution is 7.89. The minimum atomic E-state index is -3.47. The van der Waals surface area contributed by atoms with Gasteiger partial charge in [0.1, 0.15) is 4.90 Å². The van der Waals surface area contributed by atoms with Gasteiger partial charge in [0.2, 0.25) is 10.0 Å². The van der Waals surface area contributed by atoms with Crippen molar-refractivity contribution in [1.82, 2.24) is 4.72 Å². The molecule has 0 spiro atoms. The second kappa shape index (κ2) is 7.24. The first-order valence-corrected chi connectivity index (χ1v) is 9.00. The van der Waals surface area contributed by atoms with Crippen LogP contribution < -0.4 is 10.0 Å². The molecule has 0 aromatic heterocycles. The highest BCUT2D eigenvalue weighted by Crippen LogP contribution is 2.32. The van der Waals surface area contributed by atoms with E-state index in [1.807, 2.05) is 6.07 Å². The van der Waals surface area contributed by atoms with Crippen LogP contribution in [0.1, 0.15) is 26.2 Å². The van der Waals surface area contributed by atoms with Gasteiger partial charge in [-0.2, -0.15) is 0 Å². The molecule has 1 aliphatic carbocycles. The van der Waals surface area contributed by atoms with E-state index in [0.29, 0.717) is 30.6 Å². The Bertz CT molecular complexity index is 560. The van der Waals surface area contributed by atoms with Crippen LogP contribution in [0.2, 0.25) is 0 Å². The lowest BCUT2D eigenvalue weighted by molar-refractivity contribution is 0.199. The monoisotopic (exact) mass is 312 g/mol. The van der Waals surface area contributed by atoms with E-state index < -0.39 is 10.0 Å². The van der Waals surface area contributed by atoms with Crippen molar-refractivity contribution in [3.63, 3.8) is 0 Å². The largest absolute Gasteiger partial charge is 0.396 e. The molecule has 2 unspecified atom stereocenters. The molecular formula is C15H24N2O3S. The molecule has 2 rings (SSSR count). The Labute approximate surface area is 126 Å². The van der Waals surface area contributed by atoms with Crippen LogP contribution in [0.15, 0.2) is 29.2 Å². The molecule has 0 saturated heterocycles. The summed E-state index contributed by atoms with van der Waals surface area (Å²) in [4.78, 5) is 0.283. The highest BCUT2D eigenvalue weighted by Gasteiger charge is 2.27. The summed E-state index contributed by atoms with van der Waals surface area (Å²) in [5, 5.41) is 12.6. The maximum atomic E-state index is 12.2. The number of hydrogen-bond acceptors (Lipinski definition) is 4. The Kier molecular flexibility index (Phi) is 5.61. The van der Waals surface area contributed by atoms with Crippen LogP contribution in [-0.2, 0) is 10.0 Å². The number of nitrogens with one attached hydrogen (secondary N) is 2. The molecule has 1 fully saturated rings. The van der Waals surface area contributed by atoms with Crippen LogP contribution in [-0.4, -0.2) is 33.2 Å². The fourth-order valence-electron chi connectivity index (χ4n) is 2.98. The standard InChI is InChI=1S/C15H24N2O3S/c1-2-17-21(19,20)15-9-4-3-8-14(15)16-10-12-6-5-7-13(12)11-18/h3-4,8-9,12-13,16-18H,2,5-7,10-11H2,1H3. The zero-order valence-corrected chi connectivity index (χ0v) is 13.2. The molecule has 0 bridgehead atoms. The van der Waals surface area contributed by atoms with E-state index in [4.69, 9.17) is 0 Å². The fraction of sp³-hybridized carbons (Fsp3) is 0.600. The van der Waals surface area contributed by atoms with Gasteiger partial charge in [0.15, 0.2) is 0 Å². The Hall–Kier alpha value is -1.11. The van der Waals surface area contributed by atoms with Gasteiger partial charge in [-0.1, -0.05) is 25.5 Å². The Balaban J connectivity index is 2.10. The molecule has 5 nitrogen and oxygen atoms in total. The van der Waals surface area contributed by atoms with Gasteiger partial charge in [-0.3, -0.25) is 0 Å². The van der Waals surface area contributed by atoms with Gasteiger partial charge in [-0.05, 0) is 36.8 Å². The quantitative estimate of drug-likeness (QED) is 0.717. The van der Waals surface area contributed by atoms with Gasteiger partial charge >= 0.3 is 0 Å². The molecule has 2 atom stereocenters. The average Bonchev–Trinajstić information content (AvgIpc) is 2.93. The first kappa shape index (κ1) is 16.3. The molecule has 1 aromatic rings. The summed E-state index contributed by atoms with van der Waals surface area (Å²) in [6, 6.07) is 6.94. The summed E-state index contributed by atoms with van der Waals surface area (Å²) in [7, 11) is -3.47. The minimum Gasteiger partial charge on any atom is -0.396 e. The lowest BCUT2D eigenvalue weighted by Crippen LogP contribution is -2.25. The lowest BCUT2D eigenvalue weighted by atomic mass is 9.97. The third-order valence-electron chi connectivity index (χ3n) is 4.12. The molecule has 118 valence electrons. The second-order valence-electron chi connectivity index (χ2n) is 5.51. The lowest BCUT2D eigenvalue weighted by Gasteiger charge is -2.20. The predicted octanol–water partition coefficient (Wildman–Crippen LogP) is 1.81. The second-order valence-corrected chi connectivity index (χ2v) is 7.25. The van der Waals surface area contributed by atoms with E-state index >= 15 is 0 Å². The topological polar surface area (TPSA) is 78.4 Å². The van der Waals surface area contributed by atoms with Gasteiger partial charge in [-0.25, -0.2) is 13.1 Å². The zero-order chi connectivity index (χ0) is 15.3. The molecule has 1 aromatic carbocycles. The summed E-state index contributed by atoms with van der Waals surface area (Å²) in [6.07, 6.45) is 3.27. The van der Waals surface area contributed by atoms with Crippen LogP contribution in [0.4, 0.5) is 5.69 Å². The van der Waals surface area contributed by atoms with Crippen molar-refractivity contribution < 1.29 is 13.5 Å². The molecule has 0 radical (unpaired) electrons. The number of aliphatic hydroxyl groups excluding tert-OH is 1. The van der Waals surface area contributed by atoms with E-state index in [9.17, 15) is 13.5 Å². The number of rotatable bonds is 7. The summed E-state index contributed by atoms with van der Waals surface area (Å²) < 4.78 is 26.9. The molecule has 6 heteroatoms. The predicted molar refractivity (Wildman–Crippen MR) is 83.7 cm³/mol. The van der Waals surface area contributed by atoms with E-state index in [0.717, 1.165) is 19.3 Å². The smallest absolute Gasteiger partial charge is 0.242 e. The van der Waals surface area contributed by atoms with Gasteiger partial charge in [0.25, 0.3) is 0 Å². The Morgan fingerprint density at radius 2 is 1.95 bits per heavy atom. The summed E-state index contributed by atoms with van der Waals surface area (Å²) in [6.45, 7) is 3.04. The summed E-state index contributed by atoms with van der Waals surface area (Å²) in [5.74, 6) is 0.736. The first-order chi connectivity index (χ1) is 10.1. The fourth-order valence-corrected chi connectivity index (χ4v) is 4.20. The Morgan fingerprint density at radius 3 is 2.67 bits per heavy atom. The number of para-hydroxylation sites is 1. The van der Waals surface area contributed by atoms with Crippen molar-refractivity contribution in [3.05, 3.63) is 24.3 Å². The van der Waals surface area contributed by atoms with Crippen molar-refractivity contribution in [3.8, 4) is 0 Å². The summed E-state index contributed by atoms with van der Waals surface area (Å²) in [5.41, 5.74) is 0.627. The maximum absolute atomic E-state index is 12.2. The number of hydrogen-bond donors (Lipinski definition) is 3. The van der Waals surface area contributed by atoms with Crippen LogP contribution in [0.25, 0.3) is 0 Å². The minimum absolute atomic E-state index is 0.212. The first-order valence-electron chi connectivity index (χ1n) is 7.52. The van der Waals surface area contributed by atoms with Crippen molar-refractivity contribution in [2.45, 2.75) is 31.1 Å². The number of aliphatic hydroxyl groups is 1. The number of anilines is 1. The molecule has 3 N–H and O–H groups in total. The van der Waals surface area contributed by atoms with Gasteiger partial charge in [-0.15, -0.1) is 0 Å². The van der Waals surface area contributed by atoms with Crippen molar-refractivity contribution in [2.24, 2.45) is 11.8 Å². The maximum Gasteiger partial charge on any atom is 0.242 e. The third kappa shape index (κ3) is 3.96. The molecular weight excluding hydrogens is 288 g/mol. The van der Waals surface area contributed by atoms with Crippen LogP contribution in [0, 0.1) is 11.8 Å². The third-order valence-corrected chi connectivity index (χ3v) is 5.72. The SMILES string of the molecule is CCNS(=O)(=O)c1ccccc1NCC1CCCC1CO. The van der Waals surface area contributed by atoms with Crippen LogP contribution >= 0.6 is 0 Å². The molecule has 1 saturated carbocycles. The molecule has 0 heterocycles. The molecule has 0 aliphatic heterocycles. The van der Waals surface area contributed by atoms with E-state index in [1.165, 1.54) is 0 Å². The van der Waals surface area contributed by atoms with Crippen molar-refractivity contribution in [2.75, 3.05) is 25.0 Å². The van der Waals surface area contributed by atoms with Crippen molar-refractivity contribution >= 4 is 15.7 Å². The van der Waals surface area contributed by atoms with Crippen molar-refractivity contribution in [1.29, 1.82) is 0 Å². The van der Waals surface area contributed by atoms with E-state index in [-0.39, 0.29) is 11.5 Å². The van der Waals surface area contributed by atoms with Gasteiger partial charge < -0.3 is 10.4 Å². The van der Waals surface area contributed by atoms with Gasteiger partial charge in [0, 0.05) is 19.7 Å². The molecule has 0 amide bonds. The number of sulfonamides is 1. The van der Waals surface area contributed by atoms with E-state index in [1.54, 1.807) is 25.1 Å². The van der Waals surface area contributed by atoms with Gasteiger partial charge in [0.05, 0.1) is 5.69 Å². The molecule has 1 aliphatic rings.